The van der Waals surface area contributed by atoms with Crippen molar-refractivity contribution in [2.75, 3.05) is 0 Å². The third-order valence-corrected chi connectivity index (χ3v) is 5.24. The molecule has 0 aromatic heterocycles. The van der Waals surface area contributed by atoms with Crippen LogP contribution >= 0.6 is 11.8 Å². The van der Waals surface area contributed by atoms with E-state index in [1.807, 2.05) is 0 Å². The Morgan fingerprint density at radius 3 is 2.19 bits per heavy atom. The number of hydrogen-bond donors (Lipinski definition) is 1. The molecule has 0 aliphatic heterocycles. The van der Waals surface area contributed by atoms with Crippen molar-refractivity contribution in [3.8, 4) is 0 Å². The molecule has 0 aromatic rings. The fraction of sp³-hybridized carbons (Fsp3) is 0.923. The molecule has 0 atom stereocenters. The number of aliphatic hydroxyl groups is 1. The van der Waals surface area contributed by atoms with Gasteiger partial charge in [-0.1, -0.05) is 31.0 Å². The first kappa shape index (κ1) is 12.4. The van der Waals surface area contributed by atoms with E-state index in [4.69, 9.17) is 0 Å². The number of hydrogen-bond acceptors (Lipinski definition) is 3. The summed E-state index contributed by atoms with van der Waals surface area (Å²) in [6, 6.07) is 0. The maximum atomic E-state index is 12.0. The molecule has 0 heterocycles. The van der Waals surface area contributed by atoms with Gasteiger partial charge in [0.1, 0.15) is 0 Å². The van der Waals surface area contributed by atoms with E-state index in [0.717, 1.165) is 38.5 Å². The molecule has 2 aliphatic rings. The Bertz CT molecular complexity index is 228. The van der Waals surface area contributed by atoms with E-state index in [1.54, 1.807) is 11.8 Å². The Morgan fingerprint density at radius 1 is 0.938 bits per heavy atom. The molecule has 16 heavy (non-hydrogen) atoms. The van der Waals surface area contributed by atoms with E-state index in [9.17, 15) is 9.90 Å². The van der Waals surface area contributed by atoms with E-state index < -0.39 is 0 Å². The van der Waals surface area contributed by atoms with Crippen LogP contribution in [0.3, 0.4) is 0 Å². The van der Waals surface area contributed by atoms with Crippen molar-refractivity contribution < 1.29 is 9.90 Å². The van der Waals surface area contributed by atoms with E-state index in [2.05, 4.69) is 0 Å². The summed E-state index contributed by atoms with van der Waals surface area (Å²) in [5.74, 6) is 0.339. The molecule has 0 amide bonds. The first-order valence-corrected chi connectivity index (χ1v) is 7.52. The molecule has 2 nitrogen and oxygen atoms in total. The van der Waals surface area contributed by atoms with Crippen LogP contribution in [0.5, 0.6) is 0 Å². The van der Waals surface area contributed by atoms with Gasteiger partial charge in [0.15, 0.2) is 5.12 Å². The highest BCUT2D eigenvalue weighted by atomic mass is 32.2. The zero-order chi connectivity index (χ0) is 11.4. The largest absolute Gasteiger partial charge is 0.393 e. The summed E-state index contributed by atoms with van der Waals surface area (Å²) < 4.78 is 0. The highest BCUT2D eigenvalue weighted by Gasteiger charge is 2.27. The second kappa shape index (κ2) is 6.06. The fourth-order valence-electron chi connectivity index (χ4n) is 2.76. The highest BCUT2D eigenvalue weighted by Crippen LogP contribution is 2.34. The summed E-state index contributed by atoms with van der Waals surface area (Å²) in [6.07, 6.45) is 9.70. The summed E-state index contributed by atoms with van der Waals surface area (Å²) >= 11 is 1.58. The fourth-order valence-corrected chi connectivity index (χ4v) is 4.03. The summed E-state index contributed by atoms with van der Waals surface area (Å²) in [5, 5.41) is 10.3. The van der Waals surface area contributed by atoms with Crippen LogP contribution in [0.1, 0.15) is 57.8 Å². The lowest BCUT2D eigenvalue weighted by atomic mass is 9.90. The number of rotatable bonds is 2. The molecule has 0 bridgehead atoms. The molecule has 2 saturated carbocycles. The maximum absolute atomic E-state index is 12.0. The monoisotopic (exact) mass is 242 g/mol. The lowest BCUT2D eigenvalue weighted by Crippen LogP contribution is -2.23. The van der Waals surface area contributed by atoms with Crippen LogP contribution in [0.4, 0.5) is 0 Å². The van der Waals surface area contributed by atoms with Crippen LogP contribution in [0.25, 0.3) is 0 Å². The van der Waals surface area contributed by atoms with Gasteiger partial charge in [-0.25, -0.2) is 0 Å². The summed E-state index contributed by atoms with van der Waals surface area (Å²) in [5.41, 5.74) is 0. The van der Waals surface area contributed by atoms with Crippen molar-refractivity contribution in [1.82, 2.24) is 0 Å². The SMILES string of the molecule is O=C(SC1CCC(O)CC1)C1CCCCC1. The van der Waals surface area contributed by atoms with Crippen molar-refractivity contribution in [3.05, 3.63) is 0 Å². The van der Waals surface area contributed by atoms with Crippen LogP contribution in [0.2, 0.25) is 0 Å². The minimum Gasteiger partial charge on any atom is -0.393 e. The maximum Gasteiger partial charge on any atom is 0.192 e. The van der Waals surface area contributed by atoms with Crippen molar-refractivity contribution in [1.29, 1.82) is 0 Å². The Kier molecular flexibility index (Phi) is 4.71. The standard InChI is InChI=1S/C13H22O2S/c14-11-6-8-12(9-7-11)16-13(15)10-4-2-1-3-5-10/h10-12,14H,1-9H2. The number of carbonyl (C=O) groups is 1. The Balaban J connectivity index is 1.73. The first-order chi connectivity index (χ1) is 7.75. The second-order valence-corrected chi connectivity index (χ2v) is 6.51. The van der Waals surface area contributed by atoms with Crippen molar-refractivity contribution in [3.63, 3.8) is 0 Å². The molecule has 0 aromatic carbocycles. The molecule has 2 rings (SSSR count). The zero-order valence-electron chi connectivity index (χ0n) is 9.86. The van der Waals surface area contributed by atoms with Crippen molar-refractivity contribution in [2.45, 2.75) is 69.1 Å². The van der Waals surface area contributed by atoms with Gasteiger partial charge in [0.25, 0.3) is 0 Å². The summed E-state index contributed by atoms with van der Waals surface area (Å²) in [7, 11) is 0. The average Bonchev–Trinajstić information content (AvgIpc) is 2.33. The predicted molar refractivity (Wildman–Crippen MR) is 67.4 cm³/mol. The van der Waals surface area contributed by atoms with Crippen LogP contribution in [0.15, 0.2) is 0 Å². The van der Waals surface area contributed by atoms with Gasteiger partial charge in [0.05, 0.1) is 6.10 Å². The van der Waals surface area contributed by atoms with Gasteiger partial charge in [-0.2, -0.15) is 0 Å². The van der Waals surface area contributed by atoms with Crippen LogP contribution in [0, 0.1) is 5.92 Å². The van der Waals surface area contributed by atoms with Gasteiger partial charge < -0.3 is 5.11 Å². The molecule has 2 aliphatic carbocycles. The van der Waals surface area contributed by atoms with Crippen LogP contribution < -0.4 is 0 Å². The van der Waals surface area contributed by atoms with Crippen LogP contribution in [-0.2, 0) is 4.79 Å². The van der Waals surface area contributed by atoms with E-state index in [1.165, 1.54) is 19.3 Å². The number of thioether (sulfide) groups is 1. The normalized spacial score (nSPS) is 32.6. The lowest BCUT2D eigenvalue weighted by molar-refractivity contribution is -0.115. The van der Waals surface area contributed by atoms with E-state index in [-0.39, 0.29) is 6.10 Å². The minimum atomic E-state index is -0.110. The molecule has 0 radical (unpaired) electrons. The Morgan fingerprint density at radius 2 is 1.56 bits per heavy atom. The number of carbonyl (C=O) groups excluding carboxylic acids is 1. The lowest BCUT2D eigenvalue weighted by Gasteiger charge is -2.26. The smallest absolute Gasteiger partial charge is 0.192 e. The minimum absolute atomic E-state index is 0.110. The molecule has 2 fully saturated rings. The van der Waals surface area contributed by atoms with Gasteiger partial charge in [-0.05, 0) is 38.5 Å². The van der Waals surface area contributed by atoms with Crippen LogP contribution in [-0.4, -0.2) is 21.6 Å². The third kappa shape index (κ3) is 3.49. The van der Waals surface area contributed by atoms with Gasteiger partial charge in [0, 0.05) is 11.2 Å². The molecular formula is C13H22O2S. The van der Waals surface area contributed by atoms with Gasteiger partial charge in [-0.3, -0.25) is 4.79 Å². The molecule has 0 saturated heterocycles. The van der Waals surface area contributed by atoms with E-state index >= 15 is 0 Å². The quantitative estimate of drug-likeness (QED) is 0.808. The second-order valence-electron chi connectivity index (χ2n) is 5.20. The topological polar surface area (TPSA) is 37.3 Å². The summed E-state index contributed by atoms with van der Waals surface area (Å²) in [4.78, 5) is 12.0. The third-order valence-electron chi connectivity index (χ3n) is 3.87. The molecule has 92 valence electrons. The molecule has 3 heteroatoms. The van der Waals surface area contributed by atoms with Crippen molar-refractivity contribution in [2.24, 2.45) is 5.92 Å². The molecule has 0 spiro atoms. The van der Waals surface area contributed by atoms with Gasteiger partial charge in [-0.15, -0.1) is 0 Å². The molecule has 1 N–H and O–H groups in total. The summed E-state index contributed by atoms with van der Waals surface area (Å²) in [6.45, 7) is 0. The molecule has 0 unspecified atom stereocenters. The predicted octanol–water partition coefficient (Wildman–Crippen LogP) is 3.13. The zero-order valence-corrected chi connectivity index (χ0v) is 10.7. The average molecular weight is 242 g/mol. The highest BCUT2D eigenvalue weighted by molar-refractivity contribution is 8.14. The Labute approximate surface area is 102 Å². The number of aliphatic hydroxyl groups excluding tert-OH is 1. The Hall–Kier alpha value is -0.0200. The van der Waals surface area contributed by atoms with E-state index in [0.29, 0.717) is 16.3 Å². The first-order valence-electron chi connectivity index (χ1n) is 6.64. The molecular weight excluding hydrogens is 220 g/mol. The van der Waals surface area contributed by atoms with Gasteiger partial charge in [0.2, 0.25) is 0 Å². The van der Waals surface area contributed by atoms with Gasteiger partial charge >= 0.3 is 0 Å². The van der Waals surface area contributed by atoms with Crippen molar-refractivity contribution >= 4 is 16.9 Å².